The van der Waals surface area contributed by atoms with Crippen molar-refractivity contribution in [3.8, 4) is 0 Å². The molecule has 0 saturated carbocycles. The first-order chi connectivity index (χ1) is 21.2. The molecule has 0 N–H and O–H groups in total. The Bertz CT molecular complexity index is 1470. The Morgan fingerprint density at radius 1 is 0.596 bits per heavy atom. The molecule has 0 fully saturated rings. The summed E-state index contributed by atoms with van der Waals surface area (Å²) in [7, 11) is 0. The van der Waals surface area contributed by atoms with Crippen LogP contribution in [0.2, 0.25) is 0 Å². The molecule has 0 bridgehead atoms. The van der Waals surface area contributed by atoms with Crippen LogP contribution in [-0.2, 0) is 35.1 Å². The number of rotatable bonds is 0. The smallest absolute Gasteiger partial charge is 0.171 e. The number of hydrogen-bond acceptors (Lipinski definition) is 0. The minimum Gasteiger partial charge on any atom is -1.00 e. The zero-order valence-electron chi connectivity index (χ0n) is 30.0. The number of halogens is 2. The molecule has 1 aliphatic rings. The molecule has 3 heteroatoms. The topological polar surface area (TPSA) is 0 Å². The Morgan fingerprint density at radius 3 is 1.19 bits per heavy atom. The van der Waals surface area contributed by atoms with Crippen LogP contribution >= 0.6 is 0 Å². The van der Waals surface area contributed by atoms with Crippen molar-refractivity contribution in [3.05, 3.63) is 150 Å². The van der Waals surface area contributed by atoms with Gasteiger partial charge in [0, 0.05) is 0 Å². The van der Waals surface area contributed by atoms with E-state index >= 15 is 0 Å². The van der Waals surface area contributed by atoms with Crippen LogP contribution in [0.25, 0.3) is 21.5 Å². The summed E-state index contributed by atoms with van der Waals surface area (Å²) < 4.78 is 3.34. The summed E-state index contributed by atoms with van der Waals surface area (Å²) in [6.45, 7) is 22.5. The van der Waals surface area contributed by atoms with Gasteiger partial charge in [-0.25, -0.2) is 6.08 Å². The van der Waals surface area contributed by atoms with Gasteiger partial charge in [-0.15, -0.1) is 39.7 Å². The van der Waals surface area contributed by atoms with Gasteiger partial charge in [0.1, 0.15) is 0 Å². The summed E-state index contributed by atoms with van der Waals surface area (Å²) in [4.78, 5) is 0. The van der Waals surface area contributed by atoms with E-state index in [0.29, 0.717) is 11.3 Å². The quantitative estimate of drug-likeness (QED) is 0.166. The standard InChI is InChI=1S/C21H25.C10H15.2C6H5.CH2.2ClH.Zr/c1-20(2,3)16-7-9-18-14(12-16)11-15-13-17(21(4,5)6)8-10-19(15)18;1-8-5-6-9(7-8)10(2,3)4;2*1-2-4-6-5-3-1;;;;/h7-13H,1-6H3;6-8H,1-4H3;2*1-5H;1H2;2*1H;/q4*-1;;;;+2/p-2. The van der Waals surface area contributed by atoms with Gasteiger partial charge in [-0.2, -0.15) is 84.4 Å². The van der Waals surface area contributed by atoms with Gasteiger partial charge >= 0.3 is 28.4 Å². The van der Waals surface area contributed by atoms with Crippen LogP contribution in [0.4, 0.5) is 0 Å². The maximum absolute atomic E-state index is 3.34. The van der Waals surface area contributed by atoms with E-state index in [4.69, 9.17) is 0 Å². The number of hydrogen-bond donors (Lipinski definition) is 0. The van der Waals surface area contributed by atoms with Gasteiger partial charge in [0.15, 0.2) is 0 Å². The molecule has 0 aliphatic heterocycles. The fourth-order valence-electron chi connectivity index (χ4n) is 4.69. The Labute approximate surface area is 314 Å². The Balaban J connectivity index is 0.000000676. The fourth-order valence-corrected chi connectivity index (χ4v) is 4.69. The molecule has 0 aromatic heterocycles. The molecule has 47 heavy (non-hydrogen) atoms. The summed E-state index contributed by atoms with van der Waals surface area (Å²) in [6.07, 6.45) is 7.65. The summed E-state index contributed by atoms with van der Waals surface area (Å²) in [5.41, 5.74) is 4.93. The Kier molecular flexibility index (Phi) is 19.7. The normalized spacial score (nSPS) is 13.4. The second-order valence-electron chi connectivity index (χ2n) is 14.4. The first-order valence-electron chi connectivity index (χ1n) is 15.8. The molecular weight excluding hydrogens is 691 g/mol. The predicted octanol–water partition coefficient (Wildman–Crippen LogP) is 6.22. The van der Waals surface area contributed by atoms with Crippen molar-refractivity contribution in [2.75, 3.05) is 0 Å². The molecule has 5 aromatic carbocycles. The molecule has 1 unspecified atom stereocenters. The molecule has 0 heterocycles. The number of allylic oxidation sites excluding steroid dienone is 4. The van der Waals surface area contributed by atoms with Crippen LogP contribution in [0, 0.1) is 29.5 Å². The SMILES string of the molecule is CC(C)(C)c1ccc2c(c1)[cH-]c1cc(C(C)(C)C)ccc12.CC1[C-]=CC(C(C)(C)C)=C1.[CH2]=[Zr+2].[Cl-].[Cl-].[c-]1ccccc1.[c-]1ccccc1. The molecular formula is C44H52Cl2Zr-4. The van der Waals surface area contributed by atoms with Gasteiger partial charge in [0.2, 0.25) is 0 Å². The van der Waals surface area contributed by atoms with Gasteiger partial charge in [0.25, 0.3) is 0 Å². The molecule has 0 nitrogen and oxygen atoms in total. The van der Waals surface area contributed by atoms with E-state index in [1.807, 2.05) is 60.7 Å². The number of benzene rings is 4. The van der Waals surface area contributed by atoms with Crippen molar-refractivity contribution in [3.63, 3.8) is 0 Å². The van der Waals surface area contributed by atoms with Crippen LogP contribution in [0.15, 0.2) is 121 Å². The molecule has 0 radical (unpaired) electrons. The van der Waals surface area contributed by atoms with Crippen LogP contribution in [-0.4, -0.2) is 4.21 Å². The third kappa shape index (κ3) is 15.1. The van der Waals surface area contributed by atoms with E-state index < -0.39 is 0 Å². The second kappa shape index (κ2) is 20.8. The van der Waals surface area contributed by atoms with E-state index in [0.717, 1.165) is 0 Å². The summed E-state index contributed by atoms with van der Waals surface area (Å²) >= 11 is 1.30. The van der Waals surface area contributed by atoms with Crippen molar-refractivity contribution in [1.29, 1.82) is 0 Å². The monoisotopic (exact) mass is 740 g/mol. The minimum absolute atomic E-state index is 0. The Hall–Kier alpha value is -2.44. The first kappa shape index (κ1) is 44.6. The maximum atomic E-state index is 3.34. The van der Waals surface area contributed by atoms with Crippen molar-refractivity contribution in [2.24, 2.45) is 11.3 Å². The van der Waals surface area contributed by atoms with Crippen molar-refractivity contribution < 1.29 is 49.0 Å². The van der Waals surface area contributed by atoms with Crippen molar-refractivity contribution in [1.82, 2.24) is 0 Å². The predicted molar refractivity (Wildman–Crippen MR) is 197 cm³/mol. The van der Waals surface area contributed by atoms with E-state index in [1.54, 1.807) is 0 Å². The van der Waals surface area contributed by atoms with Crippen LogP contribution in [0.1, 0.15) is 80.4 Å². The zero-order chi connectivity index (χ0) is 33.7. The Morgan fingerprint density at radius 2 is 0.979 bits per heavy atom. The van der Waals surface area contributed by atoms with Crippen LogP contribution in [0.3, 0.4) is 0 Å². The maximum Gasteiger partial charge on any atom is -0.171 e. The van der Waals surface area contributed by atoms with Gasteiger partial charge < -0.3 is 24.8 Å². The van der Waals surface area contributed by atoms with E-state index in [-0.39, 0.29) is 35.6 Å². The third-order valence-corrected chi connectivity index (χ3v) is 7.45. The zero-order valence-corrected chi connectivity index (χ0v) is 34.0. The third-order valence-electron chi connectivity index (χ3n) is 7.45. The van der Waals surface area contributed by atoms with Gasteiger partial charge in [0.05, 0.1) is 0 Å². The average Bonchev–Trinajstić information content (AvgIpc) is 3.63. The first-order valence-corrected chi connectivity index (χ1v) is 17.5. The largest absolute Gasteiger partial charge is 1.00 e. The molecule has 6 rings (SSSR count). The van der Waals surface area contributed by atoms with Crippen molar-refractivity contribution in [2.45, 2.75) is 80.1 Å². The van der Waals surface area contributed by atoms with Crippen LogP contribution in [0.5, 0.6) is 0 Å². The van der Waals surface area contributed by atoms with Gasteiger partial charge in [-0.3, -0.25) is 6.08 Å². The molecule has 0 spiro atoms. The molecule has 0 saturated heterocycles. The minimum atomic E-state index is 0. The summed E-state index contributed by atoms with van der Waals surface area (Å²) in [5.74, 6) is 0.522. The van der Waals surface area contributed by atoms with Gasteiger partial charge in [-0.1, -0.05) is 116 Å². The van der Waals surface area contributed by atoms with Crippen LogP contribution < -0.4 is 24.8 Å². The molecule has 0 amide bonds. The number of fused-ring (bicyclic) bond motifs is 3. The second-order valence-corrected chi connectivity index (χ2v) is 14.4. The molecule has 1 aliphatic carbocycles. The average molecular weight is 743 g/mol. The summed E-state index contributed by atoms with van der Waals surface area (Å²) in [5, 5.41) is 5.48. The molecule has 250 valence electrons. The van der Waals surface area contributed by atoms with E-state index in [1.165, 1.54) is 62.5 Å². The molecule has 5 aromatic rings. The van der Waals surface area contributed by atoms with Crippen molar-refractivity contribution >= 4 is 25.8 Å². The molecule has 1 atom stereocenters. The summed E-state index contributed by atoms with van der Waals surface area (Å²) in [6, 6.07) is 41.2. The van der Waals surface area contributed by atoms with Gasteiger partial charge in [-0.05, 0) is 10.8 Å². The fraction of sp³-hybridized carbons (Fsp3) is 0.318. The van der Waals surface area contributed by atoms with E-state index in [2.05, 4.69) is 146 Å². The van der Waals surface area contributed by atoms with E-state index in [9.17, 15) is 0 Å².